The van der Waals surface area contributed by atoms with E-state index in [2.05, 4.69) is 38.4 Å². The Morgan fingerprint density at radius 3 is 1.90 bits per heavy atom. The van der Waals surface area contributed by atoms with Crippen LogP contribution in [0.1, 0.15) is 83.8 Å². The Kier molecular flexibility index (Phi) is 18.0. The number of aliphatic hydroxyl groups is 2. The summed E-state index contributed by atoms with van der Waals surface area (Å²) in [7, 11) is 0. The number of aliphatic imine (C=N–C) groups is 1. The first-order valence-electron chi connectivity index (χ1n) is 22.6. The van der Waals surface area contributed by atoms with Gasteiger partial charge in [0.15, 0.2) is 0 Å². The highest BCUT2D eigenvalue weighted by Gasteiger charge is 2.47. The van der Waals surface area contributed by atoms with Gasteiger partial charge in [-0.2, -0.15) is 0 Å². The van der Waals surface area contributed by atoms with Crippen molar-refractivity contribution in [1.82, 2.24) is 21.3 Å². The number of primary amides is 1. The Labute approximate surface area is 372 Å². The number of hydrogen-bond acceptors (Lipinski definition) is 9. The summed E-state index contributed by atoms with van der Waals surface area (Å²) in [5.41, 5.74) is 12.9. The fourth-order valence-corrected chi connectivity index (χ4v) is 9.04. The lowest BCUT2D eigenvalue weighted by Crippen LogP contribution is -2.60. The minimum Gasteiger partial charge on any atom is -0.395 e. The summed E-state index contributed by atoms with van der Waals surface area (Å²) in [6.07, 6.45) is 3.80. The lowest BCUT2D eigenvalue weighted by atomic mass is 9.71. The van der Waals surface area contributed by atoms with Crippen LogP contribution in [0.25, 0.3) is 21.5 Å². The summed E-state index contributed by atoms with van der Waals surface area (Å²) in [6, 6.07) is 26.1. The van der Waals surface area contributed by atoms with E-state index in [-0.39, 0.29) is 55.7 Å². The van der Waals surface area contributed by atoms with Gasteiger partial charge in [0, 0.05) is 30.8 Å². The third-order valence-corrected chi connectivity index (χ3v) is 12.3. The molecule has 6 unspecified atom stereocenters. The van der Waals surface area contributed by atoms with Crippen LogP contribution < -0.4 is 32.7 Å². The molecule has 63 heavy (non-hydrogen) atoms. The fourth-order valence-electron chi connectivity index (χ4n) is 9.04. The summed E-state index contributed by atoms with van der Waals surface area (Å²) < 4.78 is 0. The molecular weight excluding hydrogens is 795 g/mol. The molecule has 0 aromatic heterocycles. The molecule has 13 heteroatoms. The molecule has 0 radical (unpaired) electrons. The standard InChI is InChI=1S/C50H69N7O6/c1-32(2)23-42(45(59)27-46(60)56-43(24-33(3)4)49(63)54-22-10-9-19-39(51)29-58)50(30-53-31-55-50)28-44(47(52)61)57-48(62)38(25-36-17-11-15-34-13-5-7-20-40(34)36)26-37-18-12-16-35-14-6-8-21-41(35)37/h5-8,11-18,20-21,31-33,38-39,42-45,58-59H,9-10,19,22-30,51H2,1-4H3,(H2,52,61)(H,53,55)(H,54,63)(H,56,60)(H,57,62). The second-order valence-electron chi connectivity index (χ2n) is 18.3. The number of aliphatic hydroxyl groups excluding tert-OH is 2. The lowest BCUT2D eigenvalue weighted by molar-refractivity contribution is -0.131. The average molecular weight is 864 g/mol. The fraction of sp³-hybridized carbons (Fsp3) is 0.500. The highest BCUT2D eigenvalue weighted by molar-refractivity contribution is 5.91. The highest BCUT2D eigenvalue weighted by atomic mass is 16.3. The van der Waals surface area contributed by atoms with Gasteiger partial charge in [-0.25, -0.2) is 0 Å². The van der Waals surface area contributed by atoms with Crippen molar-refractivity contribution in [3.63, 3.8) is 0 Å². The van der Waals surface area contributed by atoms with Gasteiger partial charge in [-0.1, -0.05) is 119 Å². The molecule has 1 heterocycles. The lowest BCUT2D eigenvalue weighted by Gasteiger charge is -2.42. The highest BCUT2D eigenvalue weighted by Crippen LogP contribution is 2.35. The monoisotopic (exact) mass is 864 g/mol. The number of carbonyl (C=O) groups excluding carboxylic acids is 4. The topological polar surface area (TPSA) is 221 Å². The molecule has 340 valence electrons. The van der Waals surface area contributed by atoms with Crippen LogP contribution in [-0.4, -0.2) is 89.6 Å². The first-order valence-corrected chi connectivity index (χ1v) is 22.6. The summed E-state index contributed by atoms with van der Waals surface area (Å²) >= 11 is 0. The zero-order valence-corrected chi connectivity index (χ0v) is 37.4. The van der Waals surface area contributed by atoms with Crippen molar-refractivity contribution in [1.29, 1.82) is 0 Å². The molecule has 5 rings (SSSR count). The van der Waals surface area contributed by atoms with E-state index >= 15 is 0 Å². The van der Waals surface area contributed by atoms with Crippen LogP contribution >= 0.6 is 0 Å². The number of nitrogens with two attached hydrogens (primary N) is 2. The number of fused-ring (bicyclic) bond motifs is 2. The van der Waals surface area contributed by atoms with Crippen LogP contribution in [0.3, 0.4) is 0 Å². The number of unbranched alkanes of at least 4 members (excludes halogenated alkanes) is 1. The van der Waals surface area contributed by atoms with Crippen molar-refractivity contribution in [2.45, 2.75) is 115 Å². The van der Waals surface area contributed by atoms with Crippen LogP contribution in [-0.2, 0) is 32.0 Å². The Hall–Kier alpha value is -5.37. The molecule has 0 aliphatic carbocycles. The van der Waals surface area contributed by atoms with Gasteiger partial charge in [0.25, 0.3) is 0 Å². The number of rotatable bonds is 25. The summed E-state index contributed by atoms with van der Waals surface area (Å²) in [5, 5.41) is 37.6. The van der Waals surface area contributed by atoms with E-state index in [9.17, 15) is 29.4 Å². The van der Waals surface area contributed by atoms with E-state index in [1.165, 1.54) is 0 Å². The smallest absolute Gasteiger partial charge is 0.242 e. The van der Waals surface area contributed by atoms with Gasteiger partial charge in [0.1, 0.15) is 12.1 Å². The van der Waals surface area contributed by atoms with Crippen molar-refractivity contribution < 1.29 is 29.4 Å². The second kappa shape index (κ2) is 23.4. The molecule has 10 N–H and O–H groups in total. The van der Waals surface area contributed by atoms with Crippen molar-refractivity contribution in [2.24, 2.45) is 40.1 Å². The number of hydrogen-bond donors (Lipinski definition) is 8. The molecule has 6 atom stereocenters. The zero-order valence-electron chi connectivity index (χ0n) is 37.4. The van der Waals surface area contributed by atoms with E-state index in [1.54, 1.807) is 6.34 Å². The average Bonchev–Trinajstić information content (AvgIpc) is 3.73. The number of benzene rings is 4. The van der Waals surface area contributed by atoms with E-state index in [4.69, 9.17) is 11.5 Å². The third-order valence-electron chi connectivity index (χ3n) is 12.3. The van der Waals surface area contributed by atoms with Crippen molar-refractivity contribution in [3.05, 3.63) is 96.1 Å². The van der Waals surface area contributed by atoms with Crippen molar-refractivity contribution in [3.8, 4) is 0 Å². The minimum absolute atomic E-state index is 0.0149. The molecule has 4 amide bonds. The Morgan fingerprint density at radius 1 is 0.778 bits per heavy atom. The van der Waals surface area contributed by atoms with E-state index in [0.29, 0.717) is 45.1 Å². The molecule has 0 saturated heterocycles. The summed E-state index contributed by atoms with van der Waals surface area (Å²) in [4.78, 5) is 59.6. The maximum atomic E-state index is 14.7. The van der Waals surface area contributed by atoms with Crippen LogP contribution in [0.15, 0.2) is 89.9 Å². The van der Waals surface area contributed by atoms with E-state index < -0.39 is 47.4 Å². The zero-order chi connectivity index (χ0) is 45.5. The number of nitrogens with zero attached hydrogens (tertiary/aromatic N) is 1. The molecule has 1 aliphatic rings. The van der Waals surface area contributed by atoms with Crippen LogP contribution in [0.5, 0.6) is 0 Å². The summed E-state index contributed by atoms with van der Waals surface area (Å²) in [5.74, 6) is -2.83. The van der Waals surface area contributed by atoms with Gasteiger partial charge in [-0.15, -0.1) is 0 Å². The largest absolute Gasteiger partial charge is 0.395 e. The van der Waals surface area contributed by atoms with Crippen LogP contribution in [0.2, 0.25) is 0 Å². The van der Waals surface area contributed by atoms with Gasteiger partial charge < -0.3 is 42.9 Å². The Balaban J connectivity index is 1.35. The summed E-state index contributed by atoms with van der Waals surface area (Å²) in [6.45, 7) is 8.46. The molecule has 1 aliphatic heterocycles. The molecule has 0 fully saturated rings. The quantitative estimate of drug-likeness (QED) is 0.0437. The maximum absolute atomic E-state index is 14.7. The van der Waals surface area contributed by atoms with Gasteiger partial charge in [0.2, 0.25) is 23.6 Å². The molecule has 0 bridgehead atoms. The first-order chi connectivity index (χ1) is 30.2. The number of carbonyl (C=O) groups is 4. The normalized spacial score (nSPS) is 17.4. The molecular formula is C50H69N7O6. The number of amides is 4. The van der Waals surface area contributed by atoms with Gasteiger partial charge in [-0.05, 0) is 83.0 Å². The predicted octanol–water partition coefficient (Wildman–Crippen LogP) is 4.68. The van der Waals surface area contributed by atoms with E-state index in [0.717, 1.165) is 39.1 Å². The second-order valence-corrected chi connectivity index (χ2v) is 18.3. The molecule has 13 nitrogen and oxygen atoms in total. The van der Waals surface area contributed by atoms with Crippen molar-refractivity contribution in [2.75, 3.05) is 19.7 Å². The van der Waals surface area contributed by atoms with E-state index in [1.807, 2.05) is 100 Å². The Morgan fingerprint density at radius 2 is 1.37 bits per heavy atom. The molecule has 0 saturated carbocycles. The molecule has 4 aromatic carbocycles. The molecule has 4 aromatic rings. The Bertz CT molecular complexity index is 2080. The first kappa shape index (κ1) is 48.7. The van der Waals surface area contributed by atoms with Gasteiger partial charge in [0.05, 0.1) is 37.6 Å². The van der Waals surface area contributed by atoms with Crippen molar-refractivity contribution >= 4 is 51.5 Å². The third kappa shape index (κ3) is 13.8. The predicted molar refractivity (Wildman–Crippen MR) is 251 cm³/mol. The van der Waals surface area contributed by atoms with Crippen LogP contribution in [0, 0.1) is 23.7 Å². The SMILES string of the molecule is CC(C)CC(NC(=O)CC(O)C(CC(C)C)C1(CC(NC(=O)C(Cc2cccc3ccccc23)Cc2cccc3ccccc23)C(N)=O)CN=CN1)C(=O)NCCCCC(N)CO. The minimum atomic E-state index is -1.20. The number of nitrogens with one attached hydrogen (secondary N) is 4. The van der Waals surface area contributed by atoms with Gasteiger partial charge in [-0.3, -0.25) is 24.2 Å². The molecule has 0 spiro atoms. The van der Waals surface area contributed by atoms with Gasteiger partial charge >= 0.3 is 0 Å². The maximum Gasteiger partial charge on any atom is 0.242 e. The van der Waals surface area contributed by atoms with Crippen LogP contribution in [0.4, 0.5) is 0 Å².